The van der Waals surface area contributed by atoms with E-state index in [2.05, 4.69) is 20.4 Å². The van der Waals surface area contributed by atoms with Crippen LogP contribution < -0.4 is 5.32 Å². The van der Waals surface area contributed by atoms with E-state index in [-0.39, 0.29) is 17.9 Å². The van der Waals surface area contributed by atoms with E-state index in [4.69, 9.17) is 16.6 Å². The van der Waals surface area contributed by atoms with Crippen LogP contribution in [0.25, 0.3) is 33.5 Å². The highest BCUT2D eigenvalue weighted by Gasteiger charge is 2.37. The molecule has 5 rings (SSSR count). The largest absolute Gasteiger partial charge is 0.349 e. The molecule has 0 bridgehead atoms. The van der Waals surface area contributed by atoms with Gasteiger partial charge in [0, 0.05) is 48.7 Å². The van der Waals surface area contributed by atoms with E-state index in [1.165, 1.54) is 10.6 Å². The fourth-order valence-corrected chi connectivity index (χ4v) is 5.15. The van der Waals surface area contributed by atoms with Gasteiger partial charge >= 0.3 is 0 Å². The van der Waals surface area contributed by atoms with Gasteiger partial charge in [-0.05, 0) is 25.1 Å². The van der Waals surface area contributed by atoms with Crippen LogP contribution in [0.3, 0.4) is 0 Å². The molecule has 1 amide bonds. The molecule has 1 fully saturated rings. The second-order valence-corrected chi connectivity index (χ2v) is 10.8. The SMILES string of the molecule is CC(NC(=O)c1c[nH]c2ncc(-c3nn(C)c4cc(Cl)ccc34)nc12)C1CN(S(C)(=O)=O)C1. The summed E-state index contributed by atoms with van der Waals surface area (Å²) < 4.78 is 26.3. The number of aryl methyl sites for hydroxylation is 1. The summed E-state index contributed by atoms with van der Waals surface area (Å²) in [7, 11) is -1.37. The van der Waals surface area contributed by atoms with E-state index < -0.39 is 10.0 Å². The van der Waals surface area contributed by atoms with Gasteiger partial charge < -0.3 is 10.3 Å². The molecule has 0 radical (unpaired) electrons. The van der Waals surface area contributed by atoms with Crippen molar-refractivity contribution in [3.63, 3.8) is 0 Å². The van der Waals surface area contributed by atoms with Gasteiger partial charge in [0.1, 0.15) is 16.9 Å². The monoisotopic (exact) mass is 487 g/mol. The van der Waals surface area contributed by atoms with Gasteiger partial charge in [0.25, 0.3) is 5.91 Å². The van der Waals surface area contributed by atoms with Gasteiger partial charge in [-0.3, -0.25) is 9.48 Å². The number of sulfonamides is 1. The average Bonchev–Trinajstić information content (AvgIpc) is 3.26. The van der Waals surface area contributed by atoms with Crippen LogP contribution in [0.5, 0.6) is 0 Å². The van der Waals surface area contributed by atoms with Crippen molar-refractivity contribution in [3.8, 4) is 11.4 Å². The van der Waals surface area contributed by atoms with Crippen molar-refractivity contribution in [3.05, 3.63) is 41.2 Å². The first-order valence-electron chi connectivity index (χ1n) is 10.3. The van der Waals surface area contributed by atoms with Crippen molar-refractivity contribution in [2.75, 3.05) is 19.3 Å². The number of rotatable bonds is 5. The second-order valence-electron chi connectivity index (χ2n) is 8.39. The first kappa shape index (κ1) is 21.8. The molecule has 1 atom stereocenters. The molecule has 1 aromatic carbocycles. The molecule has 1 aliphatic heterocycles. The molecule has 1 saturated heterocycles. The Balaban J connectivity index is 1.42. The zero-order valence-electron chi connectivity index (χ0n) is 18.2. The minimum Gasteiger partial charge on any atom is -0.349 e. The summed E-state index contributed by atoms with van der Waals surface area (Å²) in [5, 5.41) is 9.03. The van der Waals surface area contributed by atoms with Gasteiger partial charge in [0.05, 0.1) is 23.5 Å². The van der Waals surface area contributed by atoms with E-state index in [1.54, 1.807) is 23.1 Å². The third kappa shape index (κ3) is 3.85. The summed E-state index contributed by atoms with van der Waals surface area (Å²) in [6.07, 6.45) is 4.39. The average molecular weight is 488 g/mol. The van der Waals surface area contributed by atoms with Crippen LogP contribution in [0.4, 0.5) is 0 Å². The maximum absolute atomic E-state index is 13.0. The van der Waals surface area contributed by atoms with Crippen molar-refractivity contribution < 1.29 is 13.2 Å². The molecule has 1 aliphatic rings. The summed E-state index contributed by atoms with van der Waals surface area (Å²) in [5.41, 5.74) is 3.36. The first-order chi connectivity index (χ1) is 15.6. The number of aromatic nitrogens is 5. The van der Waals surface area contributed by atoms with Gasteiger partial charge in [0.2, 0.25) is 10.0 Å². The molecular formula is C21H22ClN7O3S. The predicted molar refractivity (Wildman–Crippen MR) is 125 cm³/mol. The molecular weight excluding hydrogens is 466 g/mol. The number of aromatic amines is 1. The zero-order chi connectivity index (χ0) is 23.5. The Bertz CT molecular complexity index is 1510. The fourth-order valence-electron chi connectivity index (χ4n) is 4.06. The molecule has 1 unspecified atom stereocenters. The second kappa shape index (κ2) is 7.79. The molecule has 172 valence electrons. The smallest absolute Gasteiger partial charge is 0.255 e. The molecule has 33 heavy (non-hydrogen) atoms. The Labute approximate surface area is 195 Å². The van der Waals surface area contributed by atoms with Gasteiger partial charge in [0.15, 0.2) is 5.65 Å². The number of carbonyl (C=O) groups is 1. The predicted octanol–water partition coefficient (Wildman–Crippen LogP) is 2.17. The van der Waals surface area contributed by atoms with Gasteiger partial charge in [-0.25, -0.2) is 22.7 Å². The van der Waals surface area contributed by atoms with E-state index in [0.717, 1.165) is 10.9 Å². The van der Waals surface area contributed by atoms with Crippen LogP contribution >= 0.6 is 11.6 Å². The number of hydrogen-bond donors (Lipinski definition) is 2. The number of nitrogens with zero attached hydrogens (tertiary/aromatic N) is 5. The lowest BCUT2D eigenvalue weighted by molar-refractivity contribution is 0.0887. The van der Waals surface area contributed by atoms with E-state index >= 15 is 0 Å². The maximum Gasteiger partial charge on any atom is 0.255 e. The highest BCUT2D eigenvalue weighted by molar-refractivity contribution is 7.88. The van der Waals surface area contributed by atoms with E-state index in [1.807, 2.05) is 26.1 Å². The highest BCUT2D eigenvalue weighted by Crippen LogP contribution is 2.29. The number of halogens is 1. The number of nitrogens with one attached hydrogen (secondary N) is 2. The van der Waals surface area contributed by atoms with Gasteiger partial charge in [-0.1, -0.05) is 11.6 Å². The maximum atomic E-state index is 13.0. The van der Waals surface area contributed by atoms with Crippen LogP contribution in [0.15, 0.2) is 30.6 Å². The Hall–Kier alpha value is -3.02. The zero-order valence-corrected chi connectivity index (χ0v) is 19.8. The van der Waals surface area contributed by atoms with Crippen LogP contribution in [0.2, 0.25) is 5.02 Å². The van der Waals surface area contributed by atoms with Crippen molar-refractivity contribution in [2.24, 2.45) is 13.0 Å². The number of hydrogen-bond acceptors (Lipinski definition) is 6. The topological polar surface area (TPSA) is 126 Å². The van der Waals surface area contributed by atoms with Crippen LogP contribution in [-0.2, 0) is 17.1 Å². The standard InChI is InChI=1S/C21H22ClN7O3S/c1-11(12-9-29(10-12)33(3,31)32)25-21(30)15-7-23-20-19(15)26-16(8-24-20)18-14-5-4-13(22)6-17(14)28(2)27-18/h4-8,11-12H,9-10H2,1-3H3,(H,23,24)(H,25,30). The van der Waals surface area contributed by atoms with Crippen molar-refractivity contribution in [2.45, 2.75) is 13.0 Å². The molecule has 0 saturated carbocycles. The Morgan fingerprint density at radius 1 is 1.33 bits per heavy atom. The van der Waals surface area contributed by atoms with Gasteiger partial charge in [-0.2, -0.15) is 5.10 Å². The molecule has 10 nitrogen and oxygen atoms in total. The van der Waals surface area contributed by atoms with Crippen LogP contribution in [-0.4, -0.2) is 68.7 Å². The van der Waals surface area contributed by atoms with E-state index in [9.17, 15) is 13.2 Å². The molecule has 0 aliphatic carbocycles. The van der Waals surface area contributed by atoms with E-state index in [0.29, 0.717) is 46.2 Å². The summed E-state index contributed by atoms with van der Waals surface area (Å²) in [4.78, 5) is 25.1. The normalized spacial score (nSPS) is 16.2. The highest BCUT2D eigenvalue weighted by atomic mass is 35.5. The van der Waals surface area contributed by atoms with Crippen LogP contribution in [0, 0.1) is 5.92 Å². The van der Waals surface area contributed by atoms with Crippen molar-refractivity contribution in [1.82, 2.24) is 34.4 Å². The molecule has 4 heterocycles. The van der Waals surface area contributed by atoms with Crippen LogP contribution in [0.1, 0.15) is 17.3 Å². The number of amides is 1. The summed E-state index contributed by atoms with van der Waals surface area (Å²) in [6, 6.07) is 5.32. The number of carbonyl (C=O) groups excluding carboxylic acids is 1. The first-order valence-corrected chi connectivity index (χ1v) is 12.6. The fraction of sp³-hybridized carbons (Fsp3) is 0.333. The molecule has 2 N–H and O–H groups in total. The summed E-state index contributed by atoms with van der Waals surface area (Å²) >= 11 is 6.12. The minimum absolute atomic E-state index is 0.0576. The number of benzene rings is 1. The lowest BCUT2D eigenvalue weighted by atomic mass is 9.95. The van der Waals surface area contributed by atoms with Crippen molar-refractivity contribution >= 4 is 49.6 Å². The summed E-state index contributed by atoms with van der Waals surface area (Å²) in [5.74, 6) is -0.238. The molecule has 3 aromatic heterocycles. The third-order valence-electron chi connectivity index (χ3n) is 6.09. The summed E-state index contributed by atoms with van der Waals surface area (Å²) in [6.45, 7) is 2.67. The van der Waals surface area contributed by atoms with Gasteiger partial charge in [-0.15, -0.1) is 0 Å². The minimum atomic E-state index is -3.20. The molecule has 4 aromatic rings. The lowest BCUT2D eigenvalue weighted by Gasteiger charge is -2.40. The number of H-pyrrole nitrogens is 1. The third-order valence-corrected chi connectivity index (χ3v) is 7.56. The quantitative estimate of drug-likeness (QED) is 0.444. The Kier molecular flexibility index (Phi) is 5.15. The lowest BCUT2D eigenvalue weighted by Crippen LogP contribution is -2.57. The van der Waals surface area contributed by atoms with Crippen molar-refractivity contribution in [1.29, 1.82) is 0 Å². The molecule has 0 spiro atoms. The number of fused-ring (bicyclic) bond motifs is 2. The Morgan fingerprint density at radius 3 is 2.82 bits per heavy atom. The Morgan fingerprint density at radius 2 is 2.09 bits per heavy atom. The molecule has 12 heteroatoms.